The topological polar surface area (TPSA) is 58.2 Å². The van der Waals surface area contributed by atoms with E-state index in [2.05, 4.69) is 10.0 Å². The molecule has 0 aliphatic carbocycles. The van der Waals surface area contributed by atoms with Crippen molar-refractivity contribution in [2.24, 2.45) is 5.92 Å². The number of hydrogen-bond acceptors (Lipinski definition) is 3. The van der Waals surface area contributed by atoms with E-state index in [1.165, 1.54) is 0 Å². The fourth-order valence-electron chi connectivity index (χ4n) is 1.97. The van der Waals surface area contributed by atoms with E-state index in [1.54, 1.807) is 0 Å². The predicted molar refractivity (Wildman–Crippen MR) is 72.6 cm³/mol. The van der Waals surface area contributed by atoms with Crippen molar-refractivity contribution in [1.29, 1.82) is 0 Å². The van der Waals surface area contributed by atoms with Gasteiger partial charge in [0.05, 0.1) is 10.0 Å². The summed E-state index contributed by atoms with van der Waals surface area (Å²) in [6.45, 7) is 1.96. The average Bonchev–Trinajstić information content (AvgIpc) is 2.77. The summed E-state index contributed by atoms with van der Waals surface area (Å²) in [5, 5.41) is 2.70. The first kappa shape index (κ1) is 15.0. The molecule has 4 nitrogen and oxygen atoms in total. The lowest BCUT2D eigenvalue weighted by Crippen LogP contribution is -2.30. The van der Waals surface area contributed by atoms with Crippen LogP contribution in [0.5, 0.6) is 0 Å². The van der Waals surface area contributed by atoms with Crippen LogP contribution < -0.4 is 10.0 Å². The number of hydrogen-bond donors (Lipinski definition) is 2. The Hall–Kier alpha value is -0.400. The van der Waals surface area contributed by atoms with E-state index in [0.29, 0.717) is 6.54 Å². The Bertz CT molecular complexity index is 551. The highest BCUT2D eigenvalue weighted by Crippen LogP contribution is 2.30. The molecule has 19 heavy (non-hydrogen) atoms. The summed E-state index contributed by atoms with van der Waals surface area (Å²) in [7, 11) is -3.83. The summed E-state index contributed by atoms with van der Waals surface area (Å²) in [5.41, 5.74) is 0. The van der Waals surface area contributed by atoms with E-state index in [4.69, 9.17) is 23.2 Å². The van der Waals surface area contributed by atoms with Crippen LogP contribution in [0.15, 0.2) is 17.0 Å². The van der Waals surface area contributed by atoms with Crippen molar-refractivity contribution in [2.45, 2.75) is 11.3 Å². The number of halogens is 3. The van der Waals surface area contributed by atoms with Crippen molar-refractivity contribution in [2.75, 3.05) is 19.6 Å². The van der Waals surface area contributed by atoms with E-state index >= 15 is 0 Å². The molecule has 1 aromatic rings. The highest BCUT2D eigenvalue weighted by molar-refractivity contribution is 7.89. The van der Waals surface area contributed by atoms with Crippen LogP contribution >= 0.6 is 23.2 Å². The molecule has 1 unspecified atom stereocenters. The van der Waals surface area contributed by atoms with Gasteiger partial charge in [0.15, 0.2) is 0 Å². The summed E-state index contributed by atoms with van der Waals surface area (Å²) in [6.07, 6.45) is 0.910. The Balaban J connectivity index is 2.19. The standard InChI is InChI=1S/C11H13Cl2FN2O2S/c12-9-3-8(14)4-10(13)11(9)19(17,18)16-6-7-1-2-15-5-7/h3-4,7,15-16H,1-2,5-6H2. The first-order chi connectivity index (χ1) is 8.90. The lowest BCUT2D eigenvalue weighted by atomic mass is 10.1. The Labute approximate surface area is 121 Å². The zero-order chi connectivity index (χ0) is 14.0. The molecular formula is C11H13Cl2FN2O2S. The highest BCUT2D eigenvalue weighted by atomic mass is 35.5. The SMILES string of the molecule is O=S(=O)(NCC1CCNC1)c1c(Cl)cc(F)cc1Cl. The average molecular weight is 327 g/mol. The van der Waals surface area contributed by atoms with Gasteiger partial charge in [-0.15, -0.1) is 0 Å². The molecule has 1 heterocycles. The molecule has 1 aliphatic rings. The van der Waals surface area contributed by atoms with Crippen LogP contribution in [0.2, 0.25) is 10.0 Å². The predicted octanol–water partition coefficient (Wildman–Crippen LogP) is 2.02. The third kappa shape index (κ3) is 3.58. The lowest BCUT2D eigenvalue weighted by Gasteiger charge is -2.13. The van der Waals surface area contributed by atoms with Crippen LogP contribution in [0.25, 0.3) is 0 Å². The van der Waals surface area contributed by atoms with Gasteiger partial charge >= 0.3 is 0 Å². The molecule has 1 aliphatic heterocycles. The van der Waals surface area contributed by atoms with Crippen molar-refractivity contribution in [3.63, 3.8) is 0 Å². The van der Waals surface area contributed by atoms with Gasteiger partial charge in [-0.25, -0.2) is 17.5 Å². The summed E-state index contributed by atoms with van der Waals surface area (Å²) in [4.78, 5) is -0.275. The number of rotatable bonds is 4. The molecule has 2 N–H and O–H groups in total. The van der Waals surface area contributed by atoms with Gasteiger partial charge in [-0.3, -0.25) is 0 Å². The zero-order valence-electron chi connectivity index (χ0n) is 9.92. The minimum atomic E-state index is -3.83. The molecule has 106 valence electrons. The van der Waals surface area contributed by atoms with Crippen molar-refractivity contribution >= 4 is 33.2 Å². The minimum Gasteiger partial charge on any atom is -0.316 e. The monoisotopic (exact) mass is 326 g/mol. The Morgan fingerprint density at radius 2 is 2.00 bits per heavy atom. The molecule has 0 amide bonds. The third-order valence-corrected chi connectivity index (χ3v) is 5.30. The molecule has 1 saturated heterocycles. The van der Waals surface area contributed by atoms with Gasteiger partial charge in [0.1, 0.15) is 10.7 Å². The van der Waals surface area contributed by atoms with Gasteiger partial charge < -0.3 is 5.32 Å². The summed E-state index contributed by atoms with van der Waals surface area (Å²) >= 11 is 11.5. The molecule has 2 rings (SSSR count). The number of sulfonamides is 1. The first-order valence-corrected chi connectivity index (χ1v) is 7.99. The van der Waals surface area contributed by atoms with Gasteiger partial charge in [-0.2, -0.15) is 0 Å². The third-order valence-electron chi connectivity index (χ3n) is 2.96. The minimum absolute atomic E-state index is 0.220. The number of nitrogens with one attached hydrogen (secondary N) is 2. The largest absolute Gasteiger partial charge is 0.316 e. The van der Waals surface area contributed by atoms with E-state index in [-0.39, 0.29) is 20.9 Å². The smallest absolute Gasteiger partial charge is 0.243 e. The molecule has 0 aromatic heterocycles. The van der Waals surface area contributed by atoms with E-state index in [9.17, 15) is 12.8 Å². The van der Waals surface area contributed by atoms with E-state index in [0.717, 1.165) is 31.6 Å². The van der Waals surface area contributed by atoms with Crippen LogP contribution in [-0.4, -0.2) is 28.1 Å². The normalized spacial score (nSPS) is 19.8. The lowest BCUT2D eigenvalue weighted by molar-refractivity contribution is 0.538. The van der Waals surface area contributed by atoms with Crippen molar-refractivity contribution in [1.82, 2.24) is 10.0 Å². The van der Waals surface area contributed by atoms with Crippen molar-refractivity contribution < 1.29 is 12.8 Å². The summed E-state index contributed by atoms with van der Waals surface area (Å²) in [5.74, 6) is -0.429. The van der Waals surface area contributed by atoms with Crippen molar-refractivity contribution in [3.05, 3.63) is 28.0 Å². The molecule has 0 saturated carbocycles. The van der Waals surface area contributed by atoms with Crippen LogP contribution in [0.1, 0.15) is 6.42 Å². The van der Waals surface area contributed by atoms with Gasteiger partial charge in [0.25, 0.3) is 0 Å². The molecule has 0 radical (unpaired) electrons. The van der Waals surface area contributed by atoms with E-state index in [1.807, 2.05) is 0 Å². The fraction of sp³-hybridized carbons (Fsp3) is 0.455. The maximum atomic E-state index is 13.0. The fourth-order valence-corrected chi connectivity index (χ4v) is 4.27. The van der Waals surface area contributed by atoms with Crippen LogP contribution in [0.4, 0.5) is 4.39 Å². The quantitative estimate of drug-likeness (QED) is 0.890. The molecule has 1 fully saturated rings. The Kier molecular flexibility index (Phi) is 4.68. The second-order valence-corrected chi connectivity index (χ2v) is 6.93. The van der Waals surface area contributed by atoms with Crippen molar-refractivity contribution in [3.8, 4) is 0 Å². The molecule has 1 aromatic carbocycles. The van der Waals surface area contributed by atoms with Gasteiger partial charge in [-0.05, 0) is 37.6 Å². The molecule has 1 atom stereocenters. The second kappa shape index (κ2) is 5.93. The maximum Gasteiger partial charge on any atom is 0.243 e. The maximum absolute atomic E-state index is 13.0. The second-order valence-electron chi connectivity index (χ2n) is 4.41. The first-order valence-electron chi connectivity index (χ1n) is 5.75. The molecular weight excluding hydrogens is 314 g/mol. The molecule has 0 spiro atoms. The summed E-state index contributed by atoms with van der Waals surface area (Å²) < 4.78 is 39.7. The van der Waals surface area contributed by atoms with Gasteiger partial charge in [0, 0.05) is 6.54 Å². The zero-order valence-corrected chi connectivity index (χ0v) is 12.2. The Morgan fingerprint density at radius 3 is 2.53 bits per heavy atom. The van der Waals surface area contributed by atoms with E-state index < -0.39 is 15.8 Å². The highest BCUT2D eigenvalue weighted by Gasteiger charge is 2.24. The van der Waals surface area contributed by atoms with Crippen LogP contribution in [-0.2, 0) is 10.0 Å². The molecule has 0 bridgehead atoms. The van der Waals surface area contributed by atoms with Gasteiger partial charge in [-0.1, -0.05) is 23.2 Å². The van der Waals surface area contributed by atoms with Gasteiger partial charge in [0.2, 0.25) is 10.0 Å². The molecule has 8 heteroatoms. The van der Waals surface area contributed by atoms with Crippen LogP contribution in [0.3, 0.4) is 0 Å². The Morgan fingerprint density at radius 1 is 1.37 bits per heavy atom. The summed E-state index contributed by atoms with van der Waals surface area (Å²) in [6, 6.07) is 1.86. The number of benzene rings is 1. The van der Waals surface area contributed by atoms with Crippen LogP contribution in [0, 0.1) is 11.7 Å².